The van der Waals surface area contributed by atoms with E-state index in [1.54, 1.807) is 10.9 Å². The van der Waals surface area contributed by atoms with E-state index in [4.69, 9.17) is 11.6 Å². The molecule has 1 N–H and O–H groups in total. The lowest BCUT2D eigenvalue weighted by atomic mass is 10.3. The molecule has 21 heavy (non-hydrogen) atoms. The van der Waals surface area contributed by atoms with Crippen LogP contribution >= 0.6 is 11.6 Å². The summed E-state index contributed by atoms with van der Waals surface area (Å²) >= 11 is 6.35. The van der Waals surface area contributed by atoms with Crippen molar-refractivity contribution < 1.29 is 4.79 Å². The summed E-state index contributed by atoms with van der Waals surface area (Å²) in [5.74, 6) is 0.0984. The van der Waals surface area contributed by atoms with Crippen molar-refractivity contribution in [3.05, 3.63) is 46.7 Å². The van der Waals surface area contributed by atoms with Crippen LogP contribution in [0.25, 0.3) is 5.69 Å². The van der Waals surface area contributed by atoms with Gasteiger partial charge in [0.05, 0.1) is 23.2 Å². The van der Waals surface area contributed by atoms with E-state index in [2.05, 4.69) is 15.6 Å². The summed E-state index contributed by atoms with van der Waals surface area (Å²) in [5.41, 5.74) is 4.88. The molecule has 0 spiro atoms. The number of aromatic nitrogens is 2. The summed E-state index contributed by atoms with van der Waals surface area (Å²) in [6, 6.07) is 9.63. The number of nitrogens with zero attached hydrogens (tertiary/aromatic N) is 3. The van der Waals surface area contributed by atoms with E-state index < -0.39 is 0 Å². The number of benzene rings is 1. The molecule has 0 unspecified atom stereocenters. The summed E-state index contributed by atoms with van der Waals surface area (Å²) < 4.78 is 1.65. The second-order valence-corrected chi connectivity index (χ2v) is 5.40. The molecule has 5 nitrogen and oxygen atoms in total. The minimum absolute atomic E-state index is 0.0320. The van der Waals surface area contributed by atoms with E-state index in [0.29, 0.717) is 10.7 Å². The lowest BCUT2D eigenvalue weighted by Gasteiger charge is -2.01. The Kier molecular flexibility index (Phi) is 3.75. The zero-order valence-corrected chi connectivity index (χ0v) is 12.3. The molecule has 1 aromatic carbocycles. The van der Waals surface area contributed by atoms with Gasteiger partial charge in [0.15, 0.2) is 0 Å². The van der Waals surface area contributed by atoms with Gasteiger partial charge < -0.3 is 0 Å². The van der Waals surface area contributed by atoms with E-state index >= 15 is 0 Å². The molecule has 1 fully saturated rings. The van der Waals surface area contributed by atoms with Crippen LogP contribution in [0.2, 0.25) is 5.15 Å². The molecule has 2 aromatic rings. The van der Waals surface area contributed by atoms with Gasteiger partial charge >= 0.3 is 0 Å². The number of hydrogen-bond donors (Lipinski definition) is 1. The Hall–Kier alpha value is -2.14. The second kappa shape index (κ2) is 5.69. The van der Waals surface area contributed by atoms with E-state index in [1.807, 2.05) is 37.3 Å². The fraction of sp³-hybridized carbons (Fsp3) is 0.267. The number of carbonyl (C=O) groups excluding carboxylic acids is 1. The highest BCUT2D eigenvalue weighted by atomic mass is 35.5. The van der Waals surface area contributed by atoms with Crippen LogP contribution in [0, 0.1) is 12.8 Å². The minimum Gasteiger partial charge on any atom is -0.273 e. The molecule has 0 radical (unpaired) electrons. The third-order valence-electron chi connectivity index (χ3n) is 3.37. The van der Waals surface area contributed by atoms with Gasteiger partial charge in [-0.25, -0.2) is 10.1 Å². The van der Waals surface area contributed by atoms with Crippen LogP contribution in [0.15, 0.2) is 35.4 Å². The van der Waals surface area contributed by atoms with E-state index in [0.717, 1.165) is 24.2 Å². The maximum Gasteiger partial charge on any atom is 0.243 e. The minimum atomic E-state index is -0.0320. The van der Waals surface area contributed by atoms with Gasteiger partial charge in [-0.05, 0) is 31.9 Å². The van der Waals surface area contributed by atoms with Gasteiger partial charge in [0.25, 0.3) is 0 Å². The first-order chi connectivity index (χ1) is 10.2. The molecular formula is C15H15ClN4O. The summed E-state index contributed by atoms with van der Waals surface area (Å²) in [7, 11) is 0. The average Bonchev–Trinajstić information content (AvgIpc) is 3.30. The number of nitrogens with one attached hydrogen (secondary N) is 1. The van der Waals surface area contributed by atoms with Crippen molar-refractivity contribution in [3.63, 3.8) is 0 Å². The Morgan fingerprint density at radius 1 is 1.43 bits per heavy atom. The molecule has 0 aliphatic heterocycles. The fourth-order valence-corrected chi connectivity index (χ4v) is 2.32. The third kappa shape index (κ3) is 2.97. The number of aryl methyl sites for hydroxylation is 1. The number of hydrazone groups is 1. The first-order valence-corrected chi connectivity index (χ1v) is 7.18. The zero-order valence-electron chi connectivity index (χ0n) is 11.6. The smallest absolute Gasteiger partial charge is 0.243 e. The Bertz CT molecular complexity index is 689. The number of carbonyl (C=O) groups is 1. The number of para-hydroxylation sites is 1. The molecule has 1 amide bonds. The van der Waals surface area contributed by atoms with E-state index in [9.17, 15) is 4.79 Å². The quantitative estimate of drug-likeness (QED) is 0.697. The monoisotopic (exact) mass is 302 g/mol. The van der Waals surface area contributed by atoms with Gasteiger partial charge in [-0.15, -0.1) is 0 Å². The van der Waals surface area contributed by atoms with Crippen LogP contribution in [0.1, 0.15) is 24.1 Å². The van der Waals surface area contributed by atoms with Crippen LogP contribution in [0.4, 0.5) is 0 Å². The van der Waals surface area contributed by atoms with E-state index in [1.165, 1.54) is 0 Å². The van der Waals surface area contributed by atoms with Gasteiger partial charge in [-0.2, -0.15) is 10.2 Å². The van der Waals surface area contributed by atoms with Crippen LogP contribution in [-0.4, -0.2) is 21.9 Å². The van der Waals surface area contributed by atoms with Crippen LogP contribution in [0.3, 0.4) is 0 Å². The maximum atomic E-state index is 11.5. The topological polar surface area (TPSA) is 59.3 Å². The molecule has 1 aliphatic carbocycles. The van der Waals surface area contributed by atoms with Crippen LogP contribution in [-0.2, 0) is 4.79 Å². The molecule has 6 heteroatoms. The molecule has 1 saturated carbocycles. The molecule has 0 atom stereocenters. The van der Waals surface area contributed by atoms with Crippen molar-refractivity contribution in [2.45, 2.75) is 19.8 Å². The third-order valence-corrected chi connectivity index (χ3v) is 3.73. The van der Waals surface area contributed by atoms with Crippen molar-refractivity contribution in [2.75, 3.05) is 0 Å². The second-order valence-electron chi connectivity index (χ2n) is 5.05. The molecule has 1 aliphatic rings. The molecule has 0 saturated heterocycles. The van der Waals surface area contributed by atoms with Crippen molar-refractivity contribution in [1.29, 1.82) is 0 Å². The average molecular weight is 303 g/mol. The van der Waals surface area contributed by atoms with Crippen molar-refractivity contribution in [3.8, 4) is 5.69 Å². The Labute approximate surface area is 127 Å². The molecule has 108 valence electrons. The Morgan fingerprint density at radius 2 is 2.14 bits per heavy atom. The zero-order chi connectivity index (χ0) is 14.8. The van der Waals surface area contributed by atoms with E-state index in [-0.39, 0.29) is 11.8 Å². The maximum absolute atomic E-state index is 11.5. The molecule has 0 bridgehead atoms. The Morgan fingerprint density at radius 3 is 2.81 bits per heavy atom. The largest absolute Gasteiger partial charge is 0.273 e. The summed E-state index contributed by atoms with van der Waals surface area (Å²) in [6.07, 6.45) is 3.45. The lowest BCUT2D eigenvalue weighted by Crippen LogP contribution is -2.19. The summed E-state index contributed by atoms with van der Waals surface area (Å²) in [6.45, 7) is 1.86. The summed E-state index contributed by atoms with van der Waals surface area (Å²) in [5, 5.41) is 8.85. The summed E-state index contributed by atoms with van der Waals surface area (Å²) in [4.78, 5) is 11.5. The van der Waals surface area contributed by atoms with Gasteiger partial charge in [-0.1, -0.05) is 29.8 Å². The predicted octanol–water partition coefficient (Wildman–Crippen LogP) is 2.69. The SMILES string of the molecule is Cc1nn(-c2ccccc2)c(Cl)c1/C=N/NC(=O)C1CC1. The molecule has 3 rings (SSSR count). The number of rotatable bonds is 4. The number of amides is 1. The molecule has 1 heterocycles. The number of halogens is 1. The van der Waals surface area contributed by atoms with Gasteiger partial charge in [0.2, 0.25) is 5.91 Å². The number of hydrogen-bond acceptors (Lipinski definition) is 3. The van der Waals surface area contributed by atoms with Crippen LogP contribution in [0.5, 0.6) is 0 Å². The highest BCUT2D eigenvalue weighted by molar-refractivity contribution is 6.32. The van der Waals surface area contributed by atoms with Crippen molar-refractivity contribution in [1.82, 2.24) is 15.2 Å². The fourth-order valence-electron chi connectivity index (χ4n) is 2.00. The Balaban J connectivity index is 1.81. The van der Waals surface area contributed by atoms with Gasteiger partial charge in [-0.3, -0.25) is 4.79 Å². The van der Waals surface area contributed by atoms with Gasteiger partial charge in [0, 0.05) is 5.92 Å². The first-order valence-electron chi connectivity index (χ1n) is 6.80. The lowest BCUT2D eigenvalue weighted by molar-refractivity contribution is -0.122. The normalized spacial score (nSPS) is 14.6. The highest BCUT2D eigenvalue weighted by Gasteiger charge is 2.29. The molecule has 1 aromatic heterocycles. The van der Waals surface area contributed by atoms with Crippen molar-refractivity contribution in [2.24, 2.45) is 11.0 Å². The first kappa shape index (κ1) is 13.8. The molecular weight excluding hydrogens is 288 g/mol. The standard InChI is InChI=1S/C15H15ClN4O/c1-10-13(9-17-18-15(21)11-7-8-11)14(16)20(19-10)12-5-3-2-4-6-12/h2-6,9,11H,7-8H2,1H3,(H,18,21)/b17-9+. The van der Waals surface area contributed by atoms with Crippen molar-refractivity contribution >= 4 is 23.7 Å². The van der Waals surface area contributed by atoms with Crippen LogP contribution < -0.4 is 5.43 Å². The highest BCUT2D eigenvalue weighted by Crippen LogP contribution is 2.28. The predicted molar refractivity (Wildman–Crippen MR) is 81.8 cm³/mol. The van der Waals surface area contributed by atoms with Gasteiger partial charge in [0.1, 0.15) is 5.15 Å².